The molecule has 160 valence electrons. The average Bonchev–Trinajstić information content (AvgIpc) is 3.27. The summed E-state index contributed by atoms with van der Waals surface area (Å²) < 4.78 is 5.66. The molecule has 0 aliphatic carbocycles. The van der Waals surface area contributed by atoms with E-state index in [1.54, 1.807) is 31.2 Å². The number of imide groups is 1. The van der Waals surface area contributed by atoms with Crippen LogP contribution in [0.2, 0.25) is 5.02 Å². The van der Waals surface area contributed by atoms with Crippen molar-refractivity contribution in [2.24, 2.45) is 0 Å². The third kappa shape index (κ3) is 3.81. The third-order valence-electron chi connectivity index (χ3n) is 5.47. The van der Waals surface area contributed by atoms with E-state index in [1.165, 1.54) is 0 Å². The maximum atomic E-state index is 13.2. The number of amides is 3. The second-order valence-electron chi connectivity index (χ2n) is 8.75. The number of halogens is 1. The van der Waals surface area contributed by atoms with Crippen molar-refractivity contribution in [1.29, 1.82) is 0 Å². The summed E-state index contributed by atoms with van der Waals surface area (Å²) in [7, 11) is 0. The fourth-order valence-electron chi connectivity index (χ4n) is 3.54. The molecule has 1 aliphatic rings. The highest BCUT2D eigenvalue weighted by Crippen LogP contribution is 2.32. The molecule has 0 spiro atoms. The lowest BCUT2D eigenvalue weighted by Gasteiger charge is -2.24. The number of rotatable bonds is 4. The first-order valence-corrected chi connectivity index (χ1v) is 10.3. The zero-order valence-electron chi connectivity index (χ0n) is 17.8. The van der Waals surface area contributed by atoms with Gasteiger partial charge in [-0.15, -0.1) is 10.2 Å². The molecule has 1 fully saturated rings. The Balaban J connectivity index is 1.56. The quantitative estimate of drug-likeness (QED) is 0.599. The molecule has 7 nitrogen and oxygen atoms in total. The first-order valence-electron chi connectivity index (χ1n) is 9.92. The van der Waals surface area contributed by atoms with Crippen LogP contribution in [0, 0.1) is 0 Å². The van der Waals surface area contributed by atoms with E-state index in [0.29, 0.717) is 16.1 Å². The molecule has 3 aromatic rings. The van der Waals surface area contributed by atoms with E-state index >= 15 is 0 Å². The van der Waals surface area contributed by atoms with Gasteiger partial charge in [-0.3, -0.25) is 9.69 Å². The molecule has 0 bridgehead atoms. The Hall–Kier alpha value is -3.19. The molecule has 1 aromatic heterocycles. The number of hydrogen-bond donors (Lipinski definition) is 1. The first kappa shape index (κ1) is 21.1. The third-order valence-corrected chi connectivity index (χ3v) is 5.80. The molecule has 3 amide bonds. The molecule has 0 radical (unpaired) electrons. The van der Waals surface area contributed by atoms with Crippen LogP contribution in [-0.2, 0) is 22.3 Å². The first-order chi connectivity index (χ1) is 14.6. The molecule has 2 aromatic carbocycles. The summed E-state index contributed by atoms with van der Waals surface area (Å²) in [4.78, 5) is 26.9. The molecule has 1 saturated heterocycles. The van der Waals surface area contributed by atoms with Crippen LogP contribution < -0.4 is 5.32 Å². The minimum Gasteiger partial charge on any atom is -0.419 e. The predicted molar refractivity (Wildman–Crippen MR) is 116 cm³/mol. The summed E-state index contributed by atoms with van der Waals surface area (Å²) in [6.07, 6.45) is 0. The fraction of sp³-hybridized carbons (Fsp3) is 0.304. The van der Waals surface area contributed by atoms with Gasteiger partial charge in [0.05, 0.1) is 10.6 Å². The van der Waals surface area contributed by atoms with Gasteiger partial charge in [0.25, 0.3) is 5.91 Å². The van der Waals surface area contributed by atoms with Gasteiger partial charge in [-0.1, -0.05) is 68.8 Å². The molecular formula is C23H23ClN4O3. The molecule has 0 saturated carbocycles. The number of aromatic nitrogens is 2. The van der Waals surface area contributed by atoms with Crippen molar-refractivity contribution in [2.45, 2.75) is 45.2 Å². The zero-order valence-corrected chi connectivity index (χ0v) is 18.5. The summed E-state index contributed by atoms with van der Waals surface area (Å²) in [5, 5.41) is 11.2. The Morgan fingerprint density at radius 1 is 1.06 bits per heavy atom. The number of hydrogen-bond acceptors (Lipinski definition) is 5. The number of carbonyl (C=O) groups is 2. The van der Waals surface area contributed by atoms with E-state index in [9.17, 15) is 9.59 Å². The Morgan fingerprint density at radius 2 is 1.74 bits per heavy atom. The van der Waals surface area contributed by atoms with E-state index in [-0.39, 0.29) is 29.6 Å². The molecule has 2 heterocycles. The largest absolute Gasteiger partial charge is 0.419 e. The Labute approximate surface area is 185 Å². The molecule has 4 rings (SSSR count). The highest BCUT2D eigenvalue weighted by molar-refractivity contribution is 6.33. The van der Waals surface area contributed by atoms with Crippen LogP contribution in [0.3, 0.4) is 0 Å². The average molecular weight is 439 g/mol. The second-order valence-corrected chi connectivity index (χ2v) is 9.16. The summed E-state index contributed by atoms with van der Waals surface area (Å²) in [6.45, 7) is 7.93. The monoisotopic (exact) mass is 438 g/mol. The summed E-state index contributed by atoms with van der Waals surface area (Å²) >= 11 is 6.17. The minimum atomic E-state index is -1.17. The Morgan fingerprint density at radius 3 is 2.39 bits per heavy atom. The van der Waals surface area contributed by atoms with Crippen LogP contribution in [0.5, 0.6) is 0 Å². The lowest BCUT2D eigenvalue weighted by molar-refractivity contribution is -0.131. The second kappa shape index (κ2) is 7.50. The maximum absolute atomic E-state index is 13.2. The van der Waals surface area contributed by atoms with Crippen molar-refractivity contribution in [1.82, 2.24) is 20.4 Å². The van der Waals surface area contributed by atoms with Gasteiger partial charge in [0, 0.05) is 0 Å². The van der Waals surface area contributed by atoms with Crippen LogP contribution in [0.1, 0.15) is 44.7 Å². The maximum Gasteiger partial charge on any atom is 0.325 e. The Bertz CT molecular complexity index is 1150. The van der Waals surface area contributed by atoms with Crippen molar-refractivity contribution in [3.05, 3.63) is 70.6 Å². The molecule has 8 heteroatoms. The van der Waals surface area contributed by atoms with Gasteiger partial charge in [0.1, 0.15) is 12.1 Å². The Kier molecular flexibility index (Phi) is 5.09. The highest BCUT2D eigenvalue weighted by Gasteiger charge is 2.49. The van der Waals surface area contributed by atoms with Gasteiger partial charge in [-0.2, -0.15) is 0 Å². The SMILES string of the molecule is CC(C)(C)c1ccc(C2(C)NC(=O)N(Cc3nnc(-c4ccccc4Cl)o3)C2=O)cc1. The standard InChI is InChI=1S/C23H23ClN4O3/c1-22(2,3)14-9-11-15(12-10-14)23(4)20(29)28(21(30)25-23)13-18-26-27-19(31-18)16-7-5-6-8-17(16)24/h5-12H,13H2,1-4H3,(H,25,30). The van der Waals surface area contributed by atoms with Crippen LogP contribution in [0.4, 0.5) is 4.79 Å². The topological polar surface area (TPSA) is 88.3 Å². The lowest BCUT2D eigenvalue weighted by atomic mass is 9.84. The lowest BCUT2D eigenvalue weighted by Crippen LogP contribution is -2.40. The van der Waals surface area contributed by atoms with Crippen molar-refractivity contribution >= 4 is 23.5 Å². The summed E-state index contributed by atoms with van der Waals surface area (Å²) in [5.41, 5.74) is 1.27. The van der Waals surface area contributed by atoms with Gasteiger partial charge in [0.15, 0.2) is 0 Å². The van der Waals surface area contributed by atoms with E-state index < -0.39 is 11.6 Å². The van der Waals surface area contributed by atoms with Crippen LogP contribution in [-0.4, -0.2) is 27.0 Å². The number of benzene rings is 2. The van der Waals surface area contributed by atoms with Crippen LogP contribution in [0.25, 0.3) is 11.5 Å². The van der Waals surface area contributed by atoms with Gasteiger partial charge < -0.3 is 9.73 Å². The van der Waals surface area contributed by atoms with Crippen molar-refractivity contribution < 1.29 is 14.0 Å². The van der Waals surface area contributed by atoms with E-state index in [4.69, 9.17) is 16.0 Å². The minimum absolute atomic E-state index is 0.00822. The van der Waals surface area contributed by atoms with Crippen LogP contribution >= 0.6 is 11.6 Å². The zero-order chi connectivity index (χ0) is 22.4. The molecule has 1 atom stereocenters. The van der Waals surface area contributed by atoms with E-state index in [1.807, 2.05) is 24.3 Å². The highest BCUT2D eigenvalue weighted by atomic mass is 35.5. The molecular weight excluding hydrogens is 416 g/mol. The summed E-state index contributed by atoms with van der Waals surface area (Å²) in [6, 6.07) is 14.3. The molecule has 1 N–H and O–H groups in total. The van der Waals surface area contributed by atoms with E-state index in [0.717, 1.165) is 10.5 Å². The molecule has 31 heavy (non-hydrogen) atoms. The number of nitrogens with zero attached hydrogens (tertiary/aromatic N) is 3. The van der Waals surface area contributed by atoms with Gasteiger partial charge in [-0.05, 0) is 35.6 Å². The number of urea groups is 1. The number of carbonyl (C=O) groups excluding carboxylic acids is 2. The fourth-order valence-corrected chi connectivity index (χ4v) is 3.75. The summed E-state index contributed by atoms with van der Waals surface area (Å²) in [5.74, 6) is -0.00237. The number of nitrogens with one attached hydrogen (secondary N) is 1. The molecule has 1 unspecified atom stereocenters. The normalized spacial score (nSPS) is 19.1. The smallest absolute Gasteiger partial charge is 0.325 e. The van der Waals surface area contributed by atoms with Crippen molar-refractivity contribution in [2.75, 3.05) is 0 Å². The van der Waals surface area contributed by atoms with Gasteiger partial charge >= 0.3 is 6.03 Å². The van der Waals surface area contributed by atoms with Crippen molar-refractivity contribution in [3.8, 4) is 11.5 Å². The van der Waals surface area contributed by atoms with Gasteiger partial charge in [-0.25, -0.2) is 4.79 Å². The molecule has 1 aliphatic heterocycles. The predicted octanol–water partition coefficient (Wildman–Crippen LogP) is 4.65. The van der Waals surface area contributed by atoms with Crippen LogP contribution in [0.15, 0.2) is 52.9 Å². The van der Waals surface area contributed by atoms with Crippen molar-refractivity contribution in [3.63, 3.8) is 0 Å². The van der Waals surface area contributed by atoms with Gasteiger partial charge in [0.2, 0.25) is 11.8 Å². The van der Waals surface area contributed by atoms with E-state index in [2.05, 4.69) is 36.3 Å².